The van der Waals surface area contributed by atoms with Crippen molar-refractivity contribution in [2.24, 2.45) is 0 Å². The second-order valence-electron chi connectivity index (χ2n) is 5.13. The molecule has 2 aliphatic rings. The normalized spacial score (nSPS) is 17.1. The van der Waals surface area contributed by atoms with E-state index in [1.165, 1.54) is 0 Å². The lowest BCUT2D eigenvalue weighted by Gasteiger charge is -2.14. The Bertz CT molecular complexity index is 501. The number of carbonyl (C=O) groups is 2. The summed E-state index contributed by atoms with van der Waals surface area (Å²) in [7, 11) is 0. The Morgan fingerprint density at radius 1 is 0.917 bits per heavy atom. The van der Waals surface area contributed by atoms with Gasteiger partial charge in [0.15, 0.2) is 0 Å². The van der Waals surface area contributed by atoms with Gasteiger partial charge in [-0.05, 0) is 12.8 Å². The predicted octanol–water partition coefficient (Wildman–Crippen LogP) is -0.0245. The van der Waals surface area contributed by atoms with Gasteiger partial charge >= 0.3 is 0 Å². The topological polar surface area (TPSA) is 94.5 Å². The summed E-state index contributed by atoms with van der Waals surface area (Å²) in [4.78, 5) is 29.3. The Labute approximate surface area is 140 Å². The average Bonchev–Trinajstić information content (AvgIpc) is 2.84. The lowest BCUT2D eigenvalue weighted by atomic mass is 10.00. The monoisotopic (exact) mass is 341 g/mol. The van der Waals surface area contributed by atoms with Crippen molar-refractivity contribution in [2.45, 2.75) is 12.8 Å². The third kappa shape index (κ3) is 5.22. The second-order valence-corrected chi connectivity index (χ2v) is 5.13. The lowest BCUT2D eigenvalue weighted by molar-refractivity contribution is -0.189. The van der Waals surface area contributed by atoms with Crippen LogP contribution in [0.1, 0.15) is 12.8 Å². The number of aliphatic hydroxyl groups excluding tert-OH is 1. The highest BCUT2D eigenvalue weighted by molar-refractivity contribution is 6.20. The highest BCUT2D eigenvalue weighted by Crippen LogP contribution is 2.28. The molecule has 0 atom stereocenters. The van der Waals surface area contributed by atoms with Gasteiger partial charge in [-0.2, -0.15) is 0 Å². The van der Waals surface area contributed by atoms with Gasteiger partial charge in [0.1, 0.15) is 0 Å². The van der Waals surface area contributed by atoms with E-state index in [2.05, 4.69) is 0 Å². The molecule has 134 valence electrons. The molecule has 1 aliphatic heterocycles. The molecule has 1 heterocycles. The van der Waals surface area contributed by atoms with Crippen LogP contribution in [0.2, 0.25) is 0 Å². The van der Waals surface area contributed by atoms with Crippen molar-refractivity contribution in [3.63, 3.8) is 0 Å². The minimum Gasteiger partial charge on any atom is -0.394 e. The van der Waals surface area contributed by atoms with E-state index < -0.39 is 5.91 Å². The zero-order chi connectivity index (χ0) is 17.2. The number of aliphatic hydroxyl groups is 1. The predicted molar refractivity (Wildman–Crippen MR) is 82.7 cm³/mol. The summed E-state index contributed by atoms with van der Waals surface area (Å²) >= 11 is 0. The van der Waals surface area contributed by atoms with Gasteiger partial charge < -0.3 is 19.3 Å². The number of hydroxylamine groups is 2. The fourth-order valence-corrected chi connectivity index (χ4v) is 2.32. The number of amides is 2. The van der Waals surface area contributed by atoms with Crippen LogP contribution in [0.15, 0.2) is 23.3 Å². The van der Waals surface area contributed by atoms with E-state index >= 15 is 0 Å². The van der Waals surface area contributed by atoms with Gasteiger partial charge in [0.25, 0.3) is 11.8 Å². The van der Waals surface area contributed by atoms with Gasteiger partial charge in [-0.1, -0.05) is 12.2 Å². The van der Waals surface area contributed by atoms with Crippen molar-refractivity contribution in [3.05, 3.63) is 23.3 Å². The molecule has 0 bridgehead atoms. The van der Waals surface area contributed by atoms with E-state index in [9.17, 15) is 9.59 Å². The van der Waals surface area contributed by atoms with Crippen LogP contribution in [0, 0.1) is 0 Å². The van der Waals surface area contributed by atoms with Crippen molar-refractivity contribution in [1.82, 2.24) is 5.06 Å². The Morgan fingerprint density at radius 2 is 1.54 bits per heavy atom. The standard InChI is InChI=1S/C16H23NO7/c18-5-6-21-7-8-22-9-10-23-11-12-24-17-15(19)13-3-1-2-4-14(13)16(17)20/h1,3,18H,2,4-12H2. The molecule has 1 N–H and O–H groups in total. The Hall–Kier alpha value is -1.58. The highest BCUT2D eigenvalue weighted by atomic mass is 16.7. The maximum atomic E-state index is 12.1. The molecule has 0 spiro atoms. The first-order chi connectivity index (χ1) is 11.8. The number of rotatable bonds is 12. The molecule has 0 unspecified atom stereocenters. The van der Waals surface area contributed by atoms with Crippen molar-refractivity contribution in [3.8, 4) is 0 Å². The van der Waals surface area contributed by atoms with Gasteiger partial charge in [-0.15, -0.1) is 5.06 Å². The van der Waals surface area contributed by atoms with Gasteiger partial charge in [-0.25, -0.2) is 0 Å². The molecule has 2 rings (SSSR count). The maximum Gasteiger partial charge on any atom is 0.285 e. The van der Waals surface area contributed by atoms with Gasteiger partial charge in [0.05, 0.1) is 58.4 Å². The molecule has 0 aromatic carbocycles. The largest absolute Gasteiger partial charge is 0.394 e. The molecule has 0 saturated carbocycles. The molecule has 0 radical (unpaired) electrons. The first-order valence-electron chi connectivity index (χ1n) is 8.01. The molecule has 8 nitrogen and oxygen atoms in total. The number of allylic oxidation sites excluding steroid dienone is 1. The highest BCUT2D eigenvalue weighted by Gasteiger charge is 2.38. The van der Waals surface area contributed by atoms with Crippen LogP contribution < -0.4 is 0 Å². The lowest BCUT2D eigenvalue weighted by Crippen LogP contribution is -2.33. The second kappa shape index (κ2) is 10.3. The molecule has 0 aromatic heterocycles. The zero-order valence-electron chi connectivity index (χ0n) is 13.6. The molecule has 24 heavy (non-hydrogen) atoms. The van der Waals surface area contributed by atoms with Crippen molar-refractivity contribution in [2.75, 3.05) is 52.9 Å². The fraction of sp³-hybridized carbons (Fsp3) is 0.625. The molecule has 0 saturated heterocycles. The minimum absolute atomic E-state index is 0.0000709. The zero-order valence-corrected chi connectivity index (χ0v) is 13.6. The molecule has 0 aromatic rings. The average molecular weight is 341 g/mol. The van der Waals surface area contributed by atoms with E-state index in [1.54, 1.807) is 6.08 Å². The molecule has 1 aliphatic carbocycles. The van der Waals surface area contributed by atoms with E-state index in [0.717, 1.165) is 11.5 Å². The summed E-state index contributed by atoms with van der Waals surface area (Å²) < 4.78 is 15.6. The molecular weight excluding hydrogens is 318 g/mol. The smallest absolute Gasteiger partial charge is 0.285 e. The summed E-state index contributed by atoms with van der Waals surface area (Å²) in [6.45, 7) is 2.31. The van der Waals surface area contributed by atoms with Crippen LogP contribution >= 0.6 is 0 Å². The number of ether oxygens (including phenoxy) is 3. The van der Waals surface area contributed by atoms with Crippen LogP contribution in [0.25, 0.3) is 0 Å². The maximum absolute atomic E-state index is 12.1. The van der Waals surface area contributed by atoms with Crippen molar-refractivity contribution < 1.29 is 33.7 Å². The number of nitrogens with zero attached hydrogens (tertiary/aromatic N) is 1. The summed E-state index contributed by atoms with van der Waals surface area (Å²) in [6.07, 6.45) is 4.90. The molecule has 8 heteroatoms. The molecule has 0 fully saturated rings. The van der Waals surface area contributed by atoms with Crippen LogP contribution in [0.3, 0.4) is 0 Å². The van der Waals surface area contributed by atoms with Gasteiger partial charge in [-0.3, -0.25) is 14.4 Å². The van der Waals surface area contributed by atoms with E-state index in [-0.39, 0.29) is 25.7 Å². The summed E-state index contributed by atoms with van der Waals surface area (Å²) in [5.41, 5.74) is 0.962. The summed E-state index contributed by atoms with van der Waals surface area (Å²) in [5.74, 6) is -0.775. The summed E-state index contributed by atoms with van der Waals surface area (Å²) in [5, 5.41) is 9.33. The number of imide groups is 1. The number of hydrogen-bond acceptors (Lipinski definition) is 7. The van der Waals surface area contributed by atoms with Gasteiger partial charge in [0.2, 0.25) is 0 Å². The van der Waals surface area contributed by atoms with Crippen molar-refractivity contribution in [1.29, 1.82) is 0 Å². The fourth-order valence-electron chi connectivity index (χ4n) is 2.32. The van der Waals surface area contributed by atoms with Crippen LogP contribution in [0.4, 0.5) is 0 Å². The van der Waals surface area contributed by atoms with Crippen molar-refractivity contribution >= 4 is 11.8 Å². The Morgan fingerprint density at radius 3 is 2.17 bits per heavy atom. The Balaban J connectivity index is 1.51. The third-order valence-electron chi connectivity index (χ3n) is 3.46. The number of hydrogen-bond donors (Lipinski definition) is 1. The van der Waals surface area contributed by atoms with Crippen LogP contribution in [0.5, 0.6) is 0 Å². The quantitative estimate of drug-likeness (QED) is 0.394. The van der Waals surface area contributed by atoms with E-state index in [4.69, 9.17) is 24.2 Å². The molecule has 2 amide bonds. The molecular formula is C16H23NO7. The SMILES string of the molecule is O=C1C2=C(CCC=C2)C(=O)N1OCCOCCOCCOCCO. The van der Waals surface area contributed by atoms with E-state index in [1.807, 2.05) is 6.08 Å². The first-order valence-corrected chi connectivity index (χ1v) is 8.01. The van der Waals surface area contributed by atoms with Crippen LogP contribution in [-0.4, -0.2) is 74.8 Å². The van der Waals surface area contributed by atoms with Crippen LogP contribution in [-0.2, 0) is 28.6 Å². The Kier molecular flexibility index (Phi) is 8.06. The summed E-state index contributed by atoms with van der Waals surface area (Å²) in [6, 6.07) is 0. The third-order valence-corrected chi connectivity index (χ3v) is 3.46. The first kappa shape index (κ1) is 18.8. The number of carbonyl (C=O) groups excluding carboxylic acids is 2. The minimum atomic E-state index is -0.405. The van der Waals surface area contributed by atoms with E-state index in [0.29, 0.717) is 50.6 Å². The van der Waals surface area contributed by atoms with Gasteiger partial charge in [0, 0.05) is 5.57 Å².